The molecular formula is C16H11BrN4O5S2. The number of nitrogens with zero attached hydrogens (tertiary/aromatic N) is 3. The number of phenols is 1. The van der Waals surface area contributed by atoms with Gasteiger partial charge in [0.2, 0.25) is 5.75 Å². The number of thiazole rings is 1. The molecule has 0 aliphatic rings. The number of halogens is 1. The quantitative estimate of drug-likeness (QED) is 0.308. The molecule has 2 aromatic carbocycles. The third-order valence-corrected chi connectivity index (χ3v) is 6.06. The standard InChI is InChI=1S/C16H11BrN4O5S2/c17-11-7-10(15(22)14(8-11)21(23)24)9-19-12-1-3-13(4-2-12)28(25,26)20-16-18-5-6-27-16/h1-9,22H,(H,18,20). The summed E-state index contributed by atoms with van der Waals surface area (Å²) in [5.41, 5.74) is 0.0870. The lowest BCUT2D eigenvalue weighted by Gasteiger charge is -2.05. The van der Waals surface area contributed by atoms with Crippen molar-refractivity contribution in [1.82, 2.24) is 4.98 Å². The first-order chi connectivity index (χ1) is 13.3. The number of nitro benzene ring substituents is 1. The van der Waals surface area contributed by atoms with Gasteiger partial charge in [0, 0.05) is 33.9 Å². The third kappa shape index (κ3) is 4.52. The van der Waals surface area contributed by atoms with Crippen molar-refractivity contribution in [3.63, 3.8) is 0 Å². The fourth-order valence-electron chi connectivity index (χ4n) is 2.15. The van der Waals surface area contributed by atoms with Crippen LogP contribution in [0.3, 0.4) is 0 Å². The molecule has 0 saturated carbocycles. The summed E-state index contributed by atoms with van der Waals surface area (Å²) in [6, 6.07) is 8.33. The summed E-state index contributed by atoms with van der Waals surface area (Å²) in [4.78, 5) is 18.3. The zero-order valence-corrected chi connectivity index (χ0v) is 17.0. The summed E-state index contributed by atoms with van der Waals surface area (Å²) in [6.07, 6.45) is 2.74. The monoisotopic (exact) mass is 482 g/mol. The van der Waals surface area contributed by atoms with E-state index in [1.54, 1.807) is 5.38 Å². The van der Waals surface area contributed by atoms with E-state index in [2.05, 4.69) is 30.6 Å². The Morgan fingerprint density at radius 1 is 1.29 bits per heavy atom. The van der Waals surface area contributed by atoms with Gasteiger partial charge >= 0.3 is 5.69 Å². The molecule has 0 aliphatic heterocycles. The zero-order chi connectivity index (χ0) is 20.3. The molecule has 0 unspecified atom stereocenters. The molecule has 0 aliphatic carbocycles. The fourth-order valence-corrected chi connectivity index (χ4v) is 4.40. The van der Waals surface area contributed by atoms with Crippen LogP contribution in [-0.4, -0.2) is 29.6 Å². The fraction of sp³-hybridized carbons (Fsp3) is 0. The van der Waals surface area contributed by atoms with Crippen LogP contribution in [0.1, 0.15) is 5.56 Å². The van der Waals surface area contributed by atoms with Crippen LogP contribution >= 0.6 is 27.3 Å². The minimum absolute atomic E-state index is 0.0302. The van der Waals surface area contributed by atoms with Gasteiger partial charge in [0.15, 0.2) is 5.13 Å². The van der Waals surface area contributed by atoms with E-state index in [0.717, 1.165) is 11.3 Å². The Morgan fingerprint density at radius 3 is 2.61 bits per heavy atom. The molecule has 2 N–H and O–H groups in total. The topological polar surface area (TPSA) is 135 Å². The van der Waals surface area contributed by atoms with Gasteiger partial charge in [0.05, 0.1) is 15.5 Å². The first-order valence-corrected chi connectivity index (χ1v) is 10.7. The Balaban J connectivity index is 1.82. The molecular weight excluding hydrogens is 472 g/mol. The van der Waals surface area contributed by atoms with Crippen molar-refractivity contribution in [2.24, 2.45) is 4.99 Å². The van der Waals surface area contributed by atoms with Gasteiger partial charge in [-0.2, -0.15) is 0 Å². The van der Waals surface area contributed by atoms with Gasteiger partial charge in [-0.3, -0.25) is 19.8 Å². The minimum Gasteiger partial charge on any atom is -0.502 e. The number of nitrogens with one attached hydrogen (secondary N) is 1. The molecule has 12 heteroatoms. The lowest BCUT2D eigenvalue weighted by atomic mass is 10.2. The normalized spacial score (nSPS) is 11.6. The molecule has 0 atom stereocenters. The smallest absolute Gasteiger partial charge is 0.312 e. The largest absolute Gasteiger partial charge is 0.502 e. The lowest BCUT2D eigenvalue weighted by molar-refractivity contribution is -0.385. The van der Waals surface area contributed by atoms with Crippen molar-refractivity contribution in [1.29, 1.82) is 0 Å². The van der Waals surface area contributed by atoms with E-state index in [-0.39, 0.29) is 15.6 Å². The average Bonchev–Trinajstić information content (AvgIpc) is 3.14. The van der Waals surface area contributed by atoms with Crippen molar-refractivity contribution in [3.8, 4) is 5.75 Å². The van der Waals surface area contributed by atoms with E-state index in [0.29, 0.717) is 10.2 Å². The number of anilines is 1. The number of rotatable bonds is 6. The number of hydrogen-bond acceptors (Lipinski definition) is 8. The Kier molecular flexibility index (Phi) is 5.72. The Labute approximate surface area is 171 Å². The van der Waals surface area contributed by atoms with Gasteiger partial charge < -0.3 is 5.11 Å². The van der Waals surface area contributed by atoms with Crippen LogP contribution in [-0.2, 0) is 10.0 Å². The molecule has 28 heavy (non-hydrogen) atoms. The SMILES string of the molecule is O=[N+]([O-])c1cc(Br)cc(C=Nc2ccc(S(=O)(=O)Nc3nccs3)cc2)c1O. The number of phenolic OH excluding ortho intramolecular Hbond substituents is 1. The molecule has 3 rings (SSSR count). The number of aromatic nitrogens is 1. The average molecular weight is 483 g/mol. The van der Waals surface area contributed by atoms with Crippen molar-refractivity contribution in [3.05, 3.63) is 68.1 Å². The maximum absolute atomic E-state index is 12.3. The van der Waals surface area contributed by atoms with Crippen LogP contribution in [0.2, 0.25) is 0 Å². The Morgan fingerprint density at radius 2 is 2.00 bits per heavy atom. The number of aromatic hydroxyl groups is 1. The third-order valence-electron chi connectivity index (χ3n) is 3.43. The summed E-state index contributed by atoms with van der Waals surface area (Å²) in [5, 5.41) is 22.9. The highest BCUT2D eigenvalue weighted by molar-refractivity contribution is 9.10. The maximum Gasteiger partial charge on any atom is 0.312 e. The number of nitro groups is 1. The number of benzene rings is 2. The van der Waals surface area contributed by atoms with Gasteiger partial charge in [-0.1, -0.05) is 15.9 Å². The summed E-state index contributed by atoms with van der Waals surface area (Å²) in [6.45, 7) is 0. The van der Waals surface area contributed by atoms with Gasteiger partial charge in [0.1, 0.15) is 0 Å². The van der Waals surface area contributed by atoms with E-state index in [1.165, 1.54) is 48.8 Å². The van der Waals surface area contributed by atoms with Crippen molar-refractivity contribution in [2.75, 3.05) is 4.72 Å². The molecule has 0 saturated heterocycles. The van der Waals surface area contributed by atoms with Crippen LogP contribution in [0.4, 0.5) is 16.5 Å². The van der Waals surface area contributed by atoms with Crippen LogP contribution in [0, 0.1) is 10.1 Å². The molecule has 3 aromatic rings. The Bertz CT molecular complexity index is 1150. The lowest BCUT2D eigenvalue weighted by Crippen LogP contribution is -2.12. The van der Waals surface area contributed by atoms with Crippen molar-refractivity contribution >= 4 is 60.0 Å². The second kappa shape index (κ2) is 8.04. The first-order valence-electron chi connectivity index (χ1n) is 7.49. The number of aliphatic imine (C=N–C) groups is 1. The number of sulfonamides is 1. The number of hydrogen-bond donors (Lipinski definition) is 2. The first kappa shape index (κ1) is 19.9. The maximum atomic E-state index is 12.3. The van der Waals surface area contributed by atoms with E-state index < -0.39 is 26.4 Å². The highest BCUT2D eigenvalue weighted by Gasteiger charge is 2.18. The van der Waals surface area contributed by atoms with Gasteiger partial charge in [-0.05, 0) is 30.3 Å². The van der Waals surface area contributed by atoms with Crippen LogP contribution in [0.5, 0.6) is 5.75 Å². The molecule has 1 heterocycles. The Hall–Kier alpha value is -2.83. The predicted molar refractivity (Wildman–Crippen MR) is 109 cm³/mol. The molecule has 0 fully saturated rings. The molecule has 0 radical (unpaired) electrons. The highest BCUT2D eigenvalue weighted by Crippen LogP contribution is 2.32. The zero-order valence-electron chi connectivity index (χ0n) is 13.8. The molecule has 0 bridgehead atoms. The van der Waals surface area contributed by atoms with Gasteiger partial charge in [0.25, 0.3) is 10.0 Å². The van der Waals surface area contributed by atoms with Crippen LogP contribution in [0.15, 0.2) is 62.3 Å². The van der Waals surface area contributed by atoms with Gasteiger partial charge in [-0.25, -0.2) is 13.4 Å². The van der Waals surface area contributed by atoms with Crippen LogP contribution in [0.25, 0.3) is 0 Å². The van der Waals surface area contributed by atoms with E-state index >= 15 is 0 Å². The van der Waals surface area contributed by atoms with Gasteiger partial charge in [-0.15, -0.1) is 11.3 Å². The second-order valence-electron chi connectivity index (χ2n) is 5.31. The predicted octanol–water partition coefficient (Wildman–Crippen LogP) is 4.07. The van der Waals surface area contributed by atoms with E-state index in [4.69, 9.17) is 0 Å². The molecule has 9 nitrogen and oxygen atoms in total. The molecule has 1 aromatic heterocycles. The summed E-state index contributed by atoms with van der Waals surface area (Å²) >= 11 is 4.30. The van der Waals surface area contributed by atoms with Crippen molar-refractivity contribution < 1.29 is 18.4 Å². The van der Waals surface area contributed by atoms with E-state index in [9.17, 15) is 23.6 Å². The summed E-state index contributed by atoms with van der Waals surface area (Å²) in [5.74, 6) is -0.510. The van der Waals surface area contributed by atoms with Crippen molar-refractivity contribution in [2.45, 2.75) is 4.90 Å². The summed E-state index contributed by atoms with van der Waals surface area (Å²) < 4.78 is 27.3. The minimum atomic E-state index is -3.77. The van der Waals surface area contributed by atoms with Crippen LogP contribution < -0.4 is 4.72 Å². The molecule has 0 spiro atoms. The molecule has 144 valence electrons. The molecule has 0 amide bonds. The highest BCUT2D eigenvalue weighted by atomic mass is 79.9. The second-order valence-corrected chi connectivity index (χ2v) is 8.81. The van der Waals surface area contributed by atoms with E-state index in [1.807, 2.05) is 0 Å². The summed E-state index contributed by atoms with van der Waals surface area (Å²) in [7, 11) is -3.77.